The van der Waals surface area contributed by atoms with Crippen LogP contribution in [0.25, 0.3) is 0 Å². The third-order valence-electron chi connectivity index (χ3n) is 3.50. The molecule has 2 rings (SSSR count). The highest BCUT2D eigenvalue weighted by atomic mass is 35.5. The van der Waals surface area contributed by atoms with E-state index in [0.717, 1.165) is 18.0 Å². The first kappa shape index (κ1) is 18.5. The van der Waals surface area contributed by atoms with Crippen LogP contribution in [0.1, 0.15) is 25.3 Å². The first-order chi connectivity index (χ1) is 10.1. The van der Waals surface area contributed by atoms with Crippen molar-refractivity contribution in [3.05, 3.63) is 35.9 Å². The summed E-state index contributed by atoms with van der Waals surface area (Å²) < 4.78 is 0. The number of rotatable bonds is 8. The maximum absolute atomic E-state index is 11.9. The molecule has 0 heterocycles. The molecule has 22 heavy (non-hydrogen) atoms. The van der Waals surface area contributed by atoms with Crippen molar-refractivity contribution in [3.63, 3.8) is 0 Å². The van der Waals surface area contributed by atoms with E-state index in [1.54, 1.807) is 6.92 Å². The average Bonchev–Trinajstić information content (AvgIpc) is 3.30. The Labute approximate surface area is 137 Å². The number of nitrogens with one attached hydrogen (secondary N) is 3. The van der Waals surface area contributed by atoms with E-state index in [2.05, 4.69) is 16.0 Å². The fourth-order valence-corrected chi connectivity index (χ4v) is 2.01. The van der Waals surface area contributed by atoms with Crippen LogP contribution in [0.5, 0.6) is 0 Å². The van der Waals surface area contributed by atoms with Crippen LogP contribution in [-0.2, 0) is 16.1 Å². The number of hydrogen-bond donors (Lipinski definition) is 3. The number of carbonyl (C=O) groups excluding carboxylic acids is 2. The Bertz CT molecular complexity index is 478. The number of halogens is 1. The van der Waals surface area contributed by atoms with Gasteiger partial charge in [-0.25, -0.2) is 0 Å². The second-order valence-electron chi connectivity index (χ2n) is 5.57. The van der Waals surface area contributed by atoms with E-state index in [0.29, 0.717) is 6.54 Å². The molecule has 1 saturated carbocycles. The largest absolute Gasteiger partial charge is 0.350 e. The molecule has 122 valence electrons. The van der Waals surface area contributed by atoms with Gasteiger partial charge in [0, 0.05) is 6.54 Å². The lowest BCUT2D eigenvalue weighted by Crippen LogP contribution is -2.47. The van der Waals surface area contributed by atoms with Crippen LogP contribution in [0.15, 0.2) is 30.3 Å². The van der Waals surface area contributed by atoms with Crippen LogP contribution in [0.4, 0.5) is 0 Å². The highest BCUT2D eigenvalue weighted by molar-refractivity contribution is 5.87. The zero-order chi connectivity index (χ0) is 15.1. The molecule has 0 aromatic heterocycles. The summed E-state index contributed by atoms with van der Waals surface area (Å²) in [7, 11) is 0. The highest BCUT2D eigenvalue weighted by Gasteiger charge is 2.21. The summed E-state index contributed by atoms with van der Waals surface area (Å²) in [5.74, 6) is 0.428. The van der Waals surface area contributed by atoms with E-state index in [1.807, 2.05) is 30.3 Å². The van der Waals surface area contributed by atoms with Gasteiger partial charge in [0.1, 0.15) is 6.04 Å². The summed E-state index contributed by atoms with van der Waals surface area (Å²) in [6.07, 6.45) is 2.51. The van der Waals surface area contributed by atoms with E-state index in [9.17, 15) is 9.59 Å². The van der Waals surface area contributed by atoms with Gasteiger partial charge in [-0.3, -0.25) is 9.59 Å². The topological polar surface area (TPSA) is 70.2 Å². The Morgan fingerprint density at radius 1 is 1.23 bits per heavy atom. The van der Waals surface area contributed by atoms with Gasteiger partial charge < -0.3 is 16.0 Å². The number of carbonyl (C=O) groups is 2. The Morgan fingerprint density at radius 2 is 1.91 bits per heavy atom. The molecule has 2 amide bonds. The molecule has 6 heteroatoms. The molecule has 1 aromatic carbocycles. The third kappa shape index (κ3) is 6.91. The van der Waals surface area contributed by atoms with Gasteiger partial charge in [0.15, 0.2) is 0 Å². The fourth-order valence-electron chi connectivity index (χ4n) is 2.01. The predicted molar refractivity (Wildman–Crippen MR) is 88.7 cm³/mol. The summed E-state index contributed by atoms with van der Waals surface area (Å²) in [6.45, 7) is 3.33. The Hall–Kier alpha value is -1.59. The minimum Gasteiger partial charge on any atom is -0.350 e. The van der Waals surface area contributed by atoms with Crippen LogP contribution in [0.2, 0.25) is 0 Å². The number of amides is 2. The van der Waals surface area contributed by atoms with Crippen LogP contribution in [0.3, 0.4) is 0 Å². The molecule has 3 N–H and O–H groups in total. The molecule has 1 fully saturated rings. The second kappa shape index (κ2) is 9.43. The Kier molecular flexibility index (Phi) is 7.91. The van der Waals surface area contributed by atoms with Crippen molar-refractivity contribution in [2.24, 2.45) is 5.92 Å². The van der Waals surface area contributed by atoms with Crippen LogP contribution in [0, 0.1) is 5.92 Å². The summed E-state index contributed by atoms with van der Waals surface area (Å²) in [5.41, 5.74) is 1.04. The molecular weight excluding hydrogens is 302 g/mol. The van der Waals surface area contributed by atoms with Gasteiger partial charge in [0.05, 0.1) is 6.54 Å². The van der Waals surface area contributed by atoms with Gasteiger partial charge in [-0.2, -0.15) is 0 Å². The smallest absolute Gasteiger partial charge is 0.242 e. The first-order valence-corrected chi connectivity index (χ1v) is 7.47. The standard InChI is InChI=1S/C16H23N3O2.ClH/c1-12(19-15(20)11-17-9-14-7-8-14)16(21)18-10-13-5-3-2-4-6-13;/h2-6,12,14,17H,7-11H2,1H3,(H,18,21)(H,19,20);1H. The maximum Gasteiger partial charge on any atom is 0.242 e. The van der Waals surface area contributed by atoms with E-state index < -0.39 is 6.04 Å². The van der Waals surface area contributed by atoms with Crippen LogP contribution in [-0.4, -0.2) is 30.9 Å². The van der Waals surface area contributed by atoms with Gasteiger partial charge in [-0.15, -0.1) is 12.4 Å². The summed E-state index contributed by atoms with van der Waals surface area (Å²) in [6, 6.07) is 9.17. The molecule has 1 aliphatic rings. The minimum absolute atomic E-state index is 0. The zero-order valence-electron chi connectivity index (χ0n) is 12.8. The van der Waals surface area contributed by atoms with E-state index in [-0.39, 0.29) is 30.8 Å². The summed E-state index contributed by atoms with van der Waals surface area (Å²) >= 11 is 0. The van der Waals surface area contributed by atoms with E-state index in [4.69, 9.17) is 0 Å². The Balaban J connectivity index is 0.00000242. The fraction of sp³-hybridized carbons (Fsp3) is 0.500. The lowest BCUT2D eigenvalue weighted by atomic mass is 10.2. The molecule has 0 radical (unpaired) electrons. The molecule has 0 saturated heterocycles. The number of benzene rings is 1. The molecule has 1 aliphatic carbocycles. The quantitative estimate of drug-likeness (QED) is 0.673. The van der Waals surface area contributed by atoms with Gasteiger partial charge in [0.2, 0.25) is 11.8 Å². The molecule has 1 atom stereocenters. The van der Waals surface area contributed by atoms with Gasteiger partial charge in [-0.05, 0) is 37.8 Å². The third-order valence-corrected chi connectivity index (χ3v) is 3.50. The van der Waals surface area contributed by atoms with Crippen molar-refractivity contribution in [1.29, 1.82) is 0 Å². The van der Waals surface area contributed by atoms with Crippen molar-refractivity contribution >= 4 is 24.2 Å². The lowest BCUT2D eigenvalue weighted by Gasteiger charge is -2.14. The second-order valence-corrected chi connectivity index (χ2v) is 5.57. The summed E-state index contributed by atoms with van der Waals surface area (Å²) in [5, 5.41) is 8.62. The van der Waals surface area contributed by atoms with Crippen molar-refractivity contribution in [2.45, 2.75) is 32.4 Å². The molecule has 0 spiro atoms. The zero-order valence-corrected chi connectivity index (χ0v) is 13.6. The summed E-state index contributed by atoms with van der Waals surface area (Å²) in [4.78, 5) is 23.6. The van der Waals surface area contributed by atoms with Crippen molar-refractivity contribution in [3.8, 4) is 0 Å². The van der Waals surface area contributed by atoms with Crippen molar-refractivity contribution < 1.29 is 9.59 Å². The Morgan fingerprint density at radius 3 is 2.55 bits per heavy atom. The van der Waals surface area contributed by atoms with Gasteiger partial charge in [-0.1, -0.05) is 30.3 Å². The van der Waals surface area contributed by atoms with Crippen LogP contribution >= 0.6 is 12.4 Å². The molecule has 0 aliphatic heterocycles. The lowest BCUT2D eigenvalue weighted by molar-refractivity contribution is -0.128. The predicted octanol–water partition coefficient (Wildman–Crippen LogP) is 1.23. The molecular formula is C16H24ClN3O2. The monoisotopic (exact) mass is 325 g/mol. The normalized spacial score (nSPS) is 14.6. The molecule has 0 bridgehead atoms. The molecule has 1 unspecified atom stereocenters. The van der Waals surface area contributed by atoms with E-state index in [1.165, 1.54) is 12.8 Å². The van der Waals surface area contributed by atoms with Crippen molar-refractivity contribution in [2.75, 3.05) is 13.1 Å². The number of hydrogen-bond acceptors (Lipinski definition) is 3. The average molecular weight is 326 g/mol. The van der Waals surface area contributed by atoms with Crippen LogP contribution < -0.4 is 16.0 Å². The minimum atomic E-state index is -0.524. The van der Waals surface area contributed by atoms with E-state index >= 15 is 0 Å². The first-order valence-electron chi connectivity index (χ1n) is 7.47. The maximum atomic E-state index is 11.9. The SMILES string of the molecule is CC(NC(=O)CNCC1CC1)C(=O)NCc1ccccc1.Cl. The van der Waals surface area contributed by atoms with Gasteiger partial charge in [0.25, 0.3) is 0 Å². The highest BCUT2D eigenvalue weighted by Crippen LogP contribution is 2.27. The van der Waals surface area contributed by atoms with Crippen molar-refractivity contribution in [1.82, 2.24) is 16.0 Å². The molecule has 5 nitrogen and oxygen atoms in total. The van der Waals surface area contributed by atoms with Gasteiger partial charge >= 0.3 is 0 Å². The molecule has 1 aromatic rings.